The molecule has 6 nitrogen and oxygen atoms in total. The van der Waals surface area contributed by atoms with Crippen LogP contribution in [0.25, 0.3) is 16.6 Å². The molecule has 0 atom stereocenters. The van der Waals surface area contributed by atoms with E-state index in [1.807, 2.05) is 0 Å². The van der Waals surface area contributed by atoms with Crippen molar-refractivity contribution in [2.45, 2.75) is 6.92 Å². The monoisotopic (exact) mass is 305 g/mol. The van der Waals surface area contributed by atoms with Crippen molar-refractivity contribution in [2.75, 3.05) is 5.32 Å². The Balaban J connectivity index is 2.00. The van der Waals surface area contributed by atoms with Crippen LogP contribution in [0.3, 0.4) is 0 Å². The van der Waals surface area contributed by atoms with Crippen LogP contribution >= 0.6 is 0 Å². The van der Waals surface area contributed by atoms with E-state index in [9.17, 15) is 14.4 Å². The molecule has 1 aliphatic heterocycles. The number of ketones is 1. The number of hydrogen-bond acceptors (Lipinski definition) is 4. The summed E-state index contributed by atoms with van der Waals surface area (Å²) in [6.07, 6.45) is 0. The minimum atomic E-state index is -0.324. The largest absolute Gasteiger partial charge is 0.326 e. The Kier molecular flexibility index (Phi) is 2.68. The van der Waals surface area contributed by atoms with E-state index in [2.05, 4.69) is 10.3 Å². The minimum Gasteiger partial charge on any atom is -0.326 e. The summed E-state index contributed by atoms with van der Waals surface area (Å²) in [6, 6.07) is 11.8. The Morgan fingerprint density at radius 3 is 2.70 bits per heavy atom. The van der Waals surface area contributed by atoms with Crippen molar-refractivity contribution in [3.05, 3.63) is 64.2 Å². The molecule has 4 rings (SSSR count). The molecule has 3 aromatic rings. The number of fused-ring (bicyclic) bond motifs is 4. The van der Waals surface area contributed by atoms with Gasteiger partial charge in [0.15, 0.2) is 5.82 Å². The van der Waals surface area contributed by atoms with Crippen molar-refractivity contribution >= 4 is 28.3 Å². The van der Waals surface area contributed by atoms with Gasteiger partial charge in [-0.15, -0.1) is 0 Å². The fourth-order valence-electron chi connectivity index (χ4n) is 2.82. The Hall–Kier alpha value is -3.28. The lowest BCUT2D eigenvalue weighted by Crippen LogP contribution is -2.21. The van der Waals surface area contributed by atoms with Gasteiger partial charge in [0.25, 0.3) is 5.56 Å². The molecule has 0 spiro atoms. The van der Waals surface area contributed by atoms with Gasteiger partial charge in [-0.2, -0.15) is 0 Å². The third kappa shape index (κ3) is 1.88. The lowest BCUT2D eigenvalue weighted by Gasteiger charge is -2.06. The maximum absolute atomic E-state index is 12.7. The molecule has 1 aromatic heterocycles. The number of carbonyl (C=O) groups excluding carboxylic acids is 2. The van der Waals surface area contributed by atoms with E-state index in [0.717, 1.165) is 0 Å². The number of benzene rings is 2. The van der Waals surface area contributed by atoms with Crippen molar-refractivity contribution < 1.29 is 9.59 Å². The quantitative estimate of drug-likeness (QED) is 0.582. The van der Waals surface area contributed by atoms with Crippen LogP contribution in [0, 0.1) is 0 Å². The average molecular weight is 305 g/mol. The third-order valence-electron chi connectivity index (χ3n) is 3.78. The number of hydrogen-bond donors (Lipinski definition) is 1. The van der Waals surface area contributed by atoms with Crippen LogP contribution in [0.15, 0.2) is 47.3 Å². The van der Waals surface area contributed by atoms with Crippen molar-refractivity contribution in [2.24, 2.45) is 0 Å². The van der Waals surface area contributed by atoms with Crippen LogP contribution in [-0.2, 0) is 4.79 Å². The second-order valence-electron chi connectivity index (χ2n) is 5.34. The second-order valence-corrected chi connectivity index (χ2v) is 5.34. The summed E-state index contributed by atoms with van der Waals surface area (Å²) < 4.78 is 1.33. The molecule has 0 radical (unpaired) electrons. The highest BCUT2D eigenvalue weighted by Crippen LogP contribution is 2.28. The first-order chi connectivity index (χ1) is 11.1. The second kappa shape index (κ2) is 4.61. The maximum atomic E-state index is 12.7. The molecular weight excluding hydrogens is 294 g/mol. The first-order valence-electron chi connectivity index (χ1n) is 7.05. The van der Waals surface area contributed by atoms with Crippen LogP contribution in [0.5, 0.6) is 0 Å². The lowest BCUT2D eigenvalue weighted by atomic mass is 10.1. The first kappa shape index (κ1) is 13.4. The highest BCUT2D eigenvalue weighted by atomic mass is 16.2. The first-order valence-corrected chi connectivity index (χ1v) is 7.05. The predicted molar refractivity (Wildman–Crippen MR) is 85.1 cm³/mol. The maximum Gasteiger partial charge on any atom is 0.266 e. The van der Waals surface area contributed by atoms with E-state index in [1.165, 1.54) is 11.5 Å². The molecule has 0 bridgehead atoms. The fourth-order valence-corrected chi connectivity index (χ4v) is 2.82. The number of nitrogens with zero attached hydrogens (tertiary/aromatic N) is 2. The summed E-state index contributed by atoms with van der Waals surface area (Å²) in [5.41, 5.74) is 1.57. The third-order valence-corrected chi connectivity index (χ3v) is 3.78. The SMILES string of the molecule is CC(=O)Nc1ccc2c(c1)C(=O)c1nc3ccccc3c(=O)n1-2. The van der Waals surface area contributed by atoms with Crippen LogP contribution in [0.2, 0.25) is 0 Å². The molecule has 23 heavy (non-hydrogen) atoms. The highest BCUT2D eigenvalue weighted by Gasteiger charge is 2.30. The van der Waals surface area contributed by atoms with E-state index in [0.29, 0.717) is 27.8 Å². The van der Waals surface area contributed by atoms with Gasteiger partial charge in [0, 0.05) is 12.6 Å². The summed E-state index contributed by atoms with van der Waals surface area (Å²) in [7, 11) is 0. The summed E-state index contributed by atoms with van der Waals surface area (Å²) in [5.74, 6) is -0.451. The molecule has 1 N–H and O–H groups in total. The average Bonchev–Trinajstić information content (AvgIpc) is 2.80. The molecule has 2 aromatic carbocycles. The molecule has 0 saturated carbocycles. The number of anilines is 1. The normalized spacial score (nSPS) is 12.1. The summed E-state index contributed by atoms with van der Waals surface area (Å²) >= 11 is 0. The molecule has 2 heterocycles. The van der Waals surface area contributed by atoms with Crippen LogP contribution in [0.4, 0.5) is 5.69 Å². The van der Waals surface area contributed by atoms with Gasteiger partial charge in [0.05, 0.1) is 22.2 Å². The van der Waals surface area contributed by atoms with Crippen molar-refractivity contribution in [3.63, 3.8) is 0 Å². The van der Waals surface area contributed by atoms with Gasteiger partial charge < -0.3 is 5.32 Å². The van der Waals surface area contributed by atoms with Gasteiger partial charge in [-0.1, -0.05) is 12.1 Å². The summed E-state index contributed by atoms with van der Waals surface area (Å²) in [6.45, 7) is 1.39. The fraction of sp³-hybridized carbons (Fsp3) is 0.0588. The Labute approximate surface area is 130 Å². The molecular formula is C17H11N3O3. The number of rotatable bonds is 1. The molecule has 1 aliphatic rings. The standard InChI is InChI=1S/C17H11N3O3/c1-9(21)18-10-6-7-14-12(8-10)15(22)16-19-13-5-3-2-4-11(13)17(23)20(14)16/h2-8H,1H3,(H,18,21). The molecule has 0 aliphatic carbocycles. The molecule has 6 heteroatoms. The summed E-state index contributed by atoms with van der Waals surface area (Å²) in [4.78, 5) is 40.8. The molecule has 1 amide bonds. The smallest absolute Gasteiger partial charge is 0.266 e. The number of amides is 1. The molecule has 0 unspecified atom stereocenters. The van der Waals surface area contributed by atoms with Crippen molar-refractivity contribution in [1.82, 2.24) is 9.55 Å². The highest BCUT2D eigenvalue weighted by molar-refractivity contribution is 6.14. The molecule has 112 valence electrons. The number of aromatic nitrogens is 2. The zero-order valence-electron chi connectivity index (χ0n) is 12.2. The topological polar surface area (TPSA) is 81.1 Å². The van der Waals surface area contributed by atoms with Gasteiger partial charge in [-0.25, -0.2) is 4.98 Å². The predicted octanol–water partition coefficient (Wildman–Crippen LogP) is 1.89. The van der Waals surface area contributed by atoms with Gasteiger partial charge in [-0.05, 0) is 30.3 Å². The zero-order chi connectivity index (χ0) is 16.1. The van der Waals surface area contributed by atoms with E-state index in [1.54, 1.807) is 42.5 Å². The van der Waals surface area contributed by atoms with Crippen LogP contribution in [0.1, 0.15) is 23.1 Å². The Morgan fingerprint density at radius 2 is 1.91 bits per heavy atom. The number of para-hydroxylation sites is 1. The van der Waals surface area contributed by atoms with Gasteiger partial charge in [0.2, 0.25) is 11.7 Å². The van der Waals surface area contributed by atoms with E-state index < -0.39 is 0 Å². The van der Waals surface area contributed by atoms with Crippen LogP contribution < -0.4 is 10.9 Å². The minimum absolute atomic E-state index is 0.101. The van der Waals surface area contributed by atoms with E-state index in [4.69, 9.17) is 0 Å². The van der Waals surface area contributed by atoms with Crippen molar-refractivity contribution in [3.8, 4) is 5.69 Å². The summed E-state index contributed by atoms with van der Waals surface area (Å²) in [5, 5.41) is 3.09. The van der Waals surface area contributed by atoms with Gasteiger partial charge in [-0.3, -0.25) is 19.0 Å². The molecule has 0 saturated heterocycles. The zero-order valence-corrected chi connectivity index (χ0v) is 12.2. The Morgan fingerprint density at radius 1 is 1.13 bits per heavy atom. The van der Waals surface area contributed by atoms with Crippen LogP contribution in [-0.4, -0.2) is 21.2 Å². The number of nitrogens with one attached hydrogen (secondary N) is 1. The van der Waals surface area contributed by atoms with E-state index in [-0.39, 0.29) is 23.1 Å². The molecule has 0 fully saturated rings. The van der Waals surface area contributed by atoms with Gasteiger partial charge in [0.1, 0.15) is 0 Å². The van der Waals surface area contributed by atoms with Gasteiger partial charge >= 0.3 is 0 Å². The van der Waals surface area contributed by atoms with E-state index >= 15 is 0 Å². The van der Waals surface area contributed by atoms with Crippen molar-refractivity contribution in [1.29, 1.82) is 0 Å². The Bertz CT molecular complexity index is 1070. The lowest BCUT2D eigenvalue weighted by molar-refractivity contribution is -0.114. The number of carbonyl (C=O) groups is 2.